The van der Waals surface area contributed by atoms with Gasteiger partial charge in [-0.15, -0.1) is 0 Å². The van der Waals surface area contributed by atoms with Crippen LogP contribution in [0.1, 0.15) is 32.6 Å². The number of ether oxygens (including phenoxy) is 1. The van der Waals surface area contributed by atoms with Gasteiger partial charge in [0.1, 0.15) is 6.10 Å². The van der Waals surface area contributed by atoms with Gasteiger partial charge in [-0.05, 0) is 31.7 Å². The van der Waals surface area contributed by atoms with Crippen LogP contribution >= 0.6 is 0 Å². The largest absolute Gasteiger partial charge is 0.446 e. The summed E-state index contributed by atoms with van der Waals surface area (Å²) in [6.07, 6.45) is 3.77. The SMILES string of the molecule is CCCCNC(=O)OC1CC(CN)C1. The van der Waals surface area contributed by atoms with Gasteiger partial charge in [0.2, 0.25) is 0 Å². The third-order valence-electron chi connectivity index (χ3n) is 2.60. The van der Waals surface area contributed by atoms with Gasteiger partial charge in [0.05, 0.1) is 0 Å². The number of nitrogens with one attached hydrogen (secondary N) is 1. The number of nitrogens with two attached hydrogens (primary N) is 1. The summed E-state index contributed by atoms with van der Waals surface area (Å²) in [6, 6.07) is 0. The quantitative estimate of drug-likeness (QED) is 0.656. The molecule has 0 aliphatic heterocycles. The van der Waals surface area contributed by atoms with Gasteiger partial charge in [0.15, 0.2) is 0 Å². The van der Waals surface area contributed by atoms with E-state index in [0.717, 1.165) is 25.7 Å². The molecule has 0 aromatic carbocycles. The lowest BCUT2D eigenvalue weighted by molar-refractivity contribution is 0.0203. The molecule has 1 amide bonds. The monoisotopic (exact) mass is 200 g/mol. The van der Waals surface area contributed by atoms with Gasteiger partial charge in [-0.2, -0.15) is 0 Å². The summed E-state index contributed by atoms with van der Waals surface area (Å²) in [7, 11) is 0. The third-order valence-corrected chi connectivity index (χ3v) is 2.60. The van der Waals surface area contributed by atoms with Gasteiger partial charge in [0, 0.05) is 6.54 Å². The Balaban J connectivity index is 1.99. The fraction of sp³-hybridized carbons (Fsp3) is 0.900. The second-order valence-electron chi connectivity index (χ2n) is 3.88. The number of rotatable bonds is 5. The van der Waals surface area contributed by atoms with Crippen LogP contribution in [0, 0.1) is 5.92 Å². The van der Waals surface area contributed by atoms with Gasteiger partial charge in [0.25, 0.3) is 0 Å². The van der Waals surface area contributed by atoms with E-state index in [1.807, 2.05) is 0 Å². The van der Waals surface area contributed by atoms with Crippen molar-refractivity contribution in [3.8, 4) is 0 Å². The molecule has 0 unspecified atom stereocenters. The molecular formula is C10H20N2O2. The van der Waals surface area contributed by atoms with Crippen molar-refractivity contribution in [1.29, 1.82) is 0 Å². The van der Waals surface area contributed by atoms with Gasteiger partial charge in [-0.25, -0.2) is 4.79 Å². The zero-order valence-corrected chi connectivity index (χ0v) is 8.79. The van der Waals surface area contributed by atoms with Crippen LogP contribution in [-0.4, -0.2) is 25.3 Å². The molecular weight excluding hydrogens is 180 g/mol. The molecule has 1 aliphatic rings. The Morgan fingerprint density at radius 1 is 1.57 bits per heavy atom. The predicted octanol–water partition coefficient (Wildman–Crippen LogP) is 1.25. The van der Waals surface area contributed by atoms with Crippen molar-refractivity contribution in [3.63, 3.8) is 0 Å². The van der Waals surface area contributed by atoms with E-state index < -0.39 is 0 Å². The maximum Gasteiger partial charge on any atom is 0.407 e. The van der Waals surface area contributed by atoms with Gasteiger partial charge >= 0.3 is 6.09 Å². The number of hydrogen-bond donors (Lipinski definition) is 2. The molecule has 0 aromatic rings. The molecule has 4 nitrogen and oxygen atoms in total. The van der Waals surface area contributed by atoms with Crippen molar-refractivity contribution >= 4 is 6.09 Å². The van der Waals surface area contributed by atoms with E-state index in [0.29, 0.717) is 19.0 Å². The van der Waals surface area contributed by atoms with Crippen LogP contribution in [0.4, 0.5) is 4.79 Å². The standard InChI is InChI=1S/C10H20N2O2/c1-2-3-4-12-10(13)14-9-5-8(6-9)7-11/h8-9H,2-7,11H2,1H3,(H,12,13). The molecule has 0 bridgehead atoms. The highest BCUT2D eigenvalue weighted by molar-refractivity contribution is 5.67. The minimum Gasteiger partial charge on any atom is -0.446 e. The molecule has 0 aromatic heterocycles. The Morgan fingerprint density at radius 2 is 2.29 bits per heavy atom. The van der Waals surface area contributed by atoms with Crippen LogP contribution in [0.5, 0.6) is 0 Å². The first-order valence-corrected chi connectivity index (χ1v) is 5.40. The molecule has 0 heterocycles. The highest BCUT2D eigenvalue weighted by Gasteiger charge is 2.30. The van der Waals surface area contributed by atoms with Crippen LogP contribution in [0.2, 0.25) is 0 Å². The first-order chi connectivity index (χ1) is 6.76. The number of unbranched alkanes of at least 4 members (excludes halogenated alkanes) is 1. The summed E-state index contributed by atoms with van der Waals surface area (Å²) in [5, 5.41) is 2.72. The normalized spacial score (nSPS) is 25.3. The topological polar surface area (TPSA) is 64.3 Å². The molecule has 0 atom stereocenters. The van der Waals surface area contributed by atoms with E-state index in [2.05, 4.69) is 12.2 Å². The van der Waals surface area contributed by atoms with Crippen LogP contribution < -0.4 is 11.1 Å². The number of alkyl carbamates (subject to hydrolysis) is 1. The highest BCUT2D eigenvalue weighted by Crippen LogP contribution is 2.28. The Labute approximate surface area is 85.2 Å². The molecule has 82 valence electrons. The van der Waals surface area contributed by atoms with E-state index in [-0.39, 0.29) is 12.2 Å². The average Bonchev–Trinajstić information content (AvgIpc) is 2.11. The number of hydrogen-bond acceptors (Lipinski definition) is 3. The summed E-state index contributed by atoms with van der Waals surface area (Å²) in [5.74, 6) is 0.559. The summed E-state index contributed by atoms with van der Waals surface area (Å²) in [6.45, 7) is 3.50. The lowest BCUT2D eigenvalue weighted by Crippen LogP contribution is -2.39. The molecule has 1 saturated carbocycles. The Morgan fingerprint density at radius 3 is 2.86 bits per heavy atom. The van der Waals surface area contributed by atoms with E-state index in [1.165, 1.54) is 0 Å². The van der Waals surface area contributed by atoms with Crippen LogP contribution in [0.25, 0.3) is 0 Å². The van der Waals surface area contributed by atoms with Crippen molar-refractivity contribution < 1.29 is 9.53 Å². The zero-order chi connectivity index (χ0) is 10.4. The molecule has 4 heteroatoms. The number of carbonyl (C=O) groups excluding carboxylic acids is 1. The van der Waals surface area contributed by atoms with Crippen molar-refractivity contribution in [2.45, 2.75) is 38.7 Å². The van der Waals surface area contributed by atoms with Crippen molar-refractivity contribution in [3.05, 3.63) is 0 Å². The summed E-state index contributed by atoms with van der Waals surface area (Å²) in [4.78, 5) is 11.2. The molecule has 1 rings (SSSR count). The molecule has 0 spiro atoms. The Kier molecular flexibility index (Phi) is 4.73. The van der Waals surface area contributed by atoms with Gasteiger partial charge in [-0.3, -0.25) is 0 Å². The van der Waals surface area contributed by atoms with Crippen molar-refractivity contribution in [2.75, 3.05) is 13.1 Å². The van der Waals surface area contributed by atoms with E-state index >= 15 is 0 Å². The highest BCUT2D eigenvalue weighted by atomic mass is 16.6. The lowest BCUT2D eigenvalue weighted by Gasteiger charge is -2.33. The first-order valence-electron chi connectivity index (χ1n) is 5.40. The minimum atomic E-state index is -0.279. The molecule has 14 heavy (non-hydrogen) atoms. The summed E-state index contributed by atoms with van der Waals surface area (Å²) in [5.41, 5.74) is 5.47. The molecule has 1 aliphatic carbocycles. The number of carbonyl (C=O) groups is 1. The van der Waals surface area contributed by atoms with Crippen LogP contribution in [0.15, 0.2) is 0 Å². The smallest absolute Gasteiger partial charge is 0.407 e. The fourth-order valence-corrected chi connectivity index (χ4v) is 1.52. The van der Waals surface area contributed by atoms with Gasteiger partial charge in [-0.1, -0.05) is 13.3 Å². The Bertz CT molecular complexity index is 179. The summed E-state index contributed by atoms with van der Waals surface area (Å²) >= 11 is 0. The summed E-state index contributed by atoms with van der Waals surface area (Å²) < 4.78 is 5.16. The Hall–Kier alpha value is -0.770. The van der Waals surface area contributed by atoms with Gasteiger partial charge < -0.3 is 15.8 Å². The maximum atomic E-state index is 11.2. The zero-order valence-electron chi connectivity index (χ0n) is 8.79. The van der Waals surface area contributed by atoms with Crippen LogP contribution in [0.3, 0.4) is 0 Å². The van der Waals surface area contributed by atoms with Crippen molar-refractivity contribution in [1.82, 2.24) is 5.32 Å². The molecule has 1 fully saturated rings. The maximum absolute atomic E-state index is 11.2. The first kappa shape index (κ1) is 11.3. The fourth-order valence-electron chi connectivity index (χ4n) is 1.52. The van der Waals surface area contributed by atoms with Crippen molar-refractivity contribution in [2.24, 2.45) is 11.7 Å². The van der Waals surface area contributed by atoms with E-state index in [4.69, 9.17) is 10.5 Å². The molecule has 0 saturated heterocycles. The second kappa shape index (κ2) is 5.86. The third kappa shape index (κ3) is 3.54. The second-order valence-corrected chi connectivity index (χ2v) is 3.88. The molecule has 3 N–H and O–H groups in total. The van der Waals surface area contributed by atoms with E-state index in [9.17, 15) is 4.79 Å². The van der Waals surface area contributed by atoms with Crippen LogP contribution in [-0.2, 0) is 4.74 Å². The lowest BCUT2D eigenvalue weighted by atomic mass is 9.82. The predicted molar refractivity (Wildman–Crippen MR) is 55.0 cm³/mol. The number of amides is 1. The average molecular weight is 200 g/mol. The minimum absolute atomic E-state index is 0.102. The van der Waals surface area contributed by atoms with E-state index in [1.54, 1.807) is 0 Å². The molecule has 0 radical (unpaired) electrons.